The molecule has 0 aliphatic rings. The fourth-order valence-electron chi connectivity index (χ4n) is 1.63. The number of carbonyl (C=O) groups is 1. The van der Waals surface area contributed by atoms with E-state index in [1.807, 2.05) is 6.92 Å². The first-order valence-electron chi connectivity index (χ1n) is 6.72. The van der Waals surface area contributed by atoms with E-state index in [1.54, 1.807) is 6.92 Å². The Bertz CT molecular complexity index is 321. The van der Waals surface area contributed by atoms with Crippen LogP contribution in [0.15, 0.2) is 0 Å². The van der Waals surface area contributed by atoms with E-state index in [0.29, 0.717) is 12.8 Å². The second-order valence-corrected chi connectivity index (χ2v) is 5.14. The van der Waals surface area contributed by atoms with Gasteiger partial charge >= 0.3 is 18.3 Å². The number of esters is 1. The third-order valence-corrected chi connectivity index (χ3v) is 3.54. The summed E-state index contributed by atoms with van der Waals surface area (Å²) in [5.41, 5.74) is -4.50. The topological polar surface area (TPSA) is 26.3 Å². The van der Waals surface area contributed by atoms with Crippen molar-refractivity contribution in [3.63, 3.8) is 0 Å². The van der Waals surface area contributed by atoms with Crippen LogP contribution in [-0.2, 0) is 9.53 Å². The second-order valence-electron chi connectivity index (χ2n) is 5.14. The smallest absolute Gasteiger partial charge is 0.413 e. The number of alkyl halides is 6. The van der Waals surface area contributed by atoms with Gasteiger partial charge < -0.3 is 4.74 Å². The van der Waals surface area contributed by atoms with E-state index in [1.165, 1.54) is 0 Å². The highest BCUT2D eigenvalue weighted by molar-refractivity contribution is 5.78. The number of unbranched alkanes of at least 4 members (excludes halogenated alkanes) is 1. The quantitative estimate of drug-likeness (QED) is 0.493. The molecule has 0 aromatic rings. The van der Waals surface area contributed by atoms with Crippen molar-refractivity contribution >= 4 is 5.97 Å². The van der Waals surface area contributed by atoms with Gasteiger partial charge in [-0.3, -0.25) is 4.79 Å². The van der Waals surface area contributed by atoms with Crippen LogP contribution in [-0.4, -0.2) is 24.9 Å². The van der Waals surface area contributed by atoms with Crippen molar-refractivity contribution in [3.05, 3.63) is 0 Å². The number of halogens is 6. The Morgan fingerprint density at radius 2 is 1.52 bits per heavy atom. The Labute approximate surface area is 119 Å². The van der Waals surface area contributed by atoms with Crippen molar-refractivity contribution in [2.24, 2.45) is 11.3 Å². The molecule has 0 saturated carbocycles. The van der Waals surface area contributed by atoms with E-state index < -0.39 is 30.3 Å². The van der Waals surface area contributed by atoms with Gasteiger partial charge in [0.05, 0.1) is 6.61 Å². The molecule has 126 valence electrons. The molecule has 0 heterocycles. The molecule has 0 amide bonds. The maximum Gasteiger partial charge on any atom is 0.413 e. The number of hydrogen-bond donors (Lipinski definition) is 0. The normalized spacial score (nSPS) is 14.9. The van der Waals surface area contributed by atoms with Crippen LogP contribution in [0.25, 0.3) is 0 Å². The summed E-state index contributed by atoms with van der Waals surface area (Å²) in [6, 6.07) is 0. The molecule has 0 rings (SSSR count). The minimum absolute atomic E-state index is 0.192. The van der Waals surface area contributed by atoms with Gasteiger partial charge in [-0.15, -0.1) is 0 Å². The van der Waals surface area contributed by atoms with Crippen molar-refractivity contribution in [2.75, 3.05) is 6.61 Å². The molecule has 0 aromatic heterocycles. The van der Waals surface area contributed by atoms with Crippen LogP contribution in [0.2, 0.25) is 0 Å². The Balaban J connectivity index is 4.95. The average molecular weight is 322 g/mol. The van der Waals surface area contributed by atoms with Crippen molar-refractivity contribution in [3.8, 4) is 0 Å². The van der Waals surface area contributed by atoms with Crippen molar-refractivity contribution in [1.82, 2.24) is 0 Å². The number of ether oxygens (including phenoxy) is 1. The average Bonchev–Trinajstić information content (AvgIpc) is 2.34. The molecule has 0 fully saturated rings. The van der Waals surface area contributed by atoms with Gasteiger partial charge in [-0.2, -0.15) is 26.3 Å². The highest BCUT2D eigenvalue weighted by Crippen LogP contribution is 2.50. The van der Waals surface area contributed by atoms with Crippen molar-refractivity contribution in [2.45, 2.75) is 58.8 Å². The van der Waals surface area contributed by atoms with E-state index in [4.69, 9.17) is 0 Å². The maximum atomic E-state index is 12.6. The molecule has 0 spiro atoms. The van der Waals surface area contributed by atoms with E-state index in [-0.39, 0.29) is 12.8 Å². The highest BCUT2D eigenvalue weighted by atomic mass is 19.4. The SMILES string of the molecule is CCCC[C@@H](CC)COC(=O)C(C)(C(F)(F)F)C(F)(F)F. The Morgan fingerprint density at radius 1 is 1.05 bits per heavy atom. The van der Waals surface area contributed by atoms with Gasteiger partial charge in [-0.25, -0.2) is 0 Å². The summed E-state index contributed by atoms with van der Waals surface area (Å²) in [5, 5.41) is 0. The monoisotopic (exact) mass is 322 g/mol. The Kier molecular flexibility index (Phi) is 7.02. The van der Waals surface area contributed by atoms with Gasteiger partial charge in [0, 0.05) is 0 Å². The molecule has 0 bridgehead atoms. The van der Waals surface area contributed by atoms with Crippen molar-refractivity contribution in [1.29, 1.82) is 0 Å². The lowest BCUT2D eigenvalue weighted by Crippen LogP contribution is -2.54. The summed E-state index contributed by atoms with van der Waals surface area (Å²) >= 11 is 0. The molecule has 0 aromatic carbocycles. The third kappa shape index (κ3) is 4.78. The number of hydrogen-bond acceptors (Lipinski definition) is 2. The maximum absolute atomic E-state index is 12.6. The first kappa shape index (κ1) is 20.1. The summed E-state index contributed by atoms with van der Waals surface area (Å²) in [5.74, 6) is -2.53. The molecule has 0 aliphatic carbocycles. The second kappa shape index (κ2) is 7.35. The van der Waals surface area contributed by atoms with Crippen LogP contribution in [0.4, 0.5) is 26.3 Å². The lowest BCUT2D eigenvalue weighted by atomic mass is 9.89. The molecule has 0 radical (unpaired) electrons. The lowest BCUT2D eigenvalue weighted by molar-refractivity contribution is -0.326. The van der Waals surface area contributed by atoms with E-state index in [0.717, 1.165) is 12.8 Å². The van der Waals surface area contributed by atoms with Gasteiger partial charge in [0.1, 0.15) is 0 Å². The molecule has 1 atom stereocenters. The van der Waals surface area contributed by atoms with E-state index in [2.05, 4.69) is 4.74 Å². The first-order valence-corrected chi connectivity index (χ1v) is 6.72. The minimum atomic E-state index is -5.76. The zero-order valence-corrected chi connectivity index (χ0v) is 12.2. The van der Waals surface area contributed by atoms with Crippen LogP contribution in [0.3, 0.4) is 0 Å². The largest absolute Gasteiger partial charge is 0.464 e. The van der Waals surface area contributed by atoms with Crippen LogP contribution >= 0.6 is 0 Å². The van der Waals surface area contributed by atoms with Gasteiger partial charge in [0.2, 0.25) is 0 Å². The van der Waals surface area contributed by atoms with Crippen LogP contribution in [0, 0.1) is 11.3 Å². The zero-order chi connectivity index (χ0) is 16.9. The Morgan fingerprint density at radius 3 is 1.86 bits per heavy atom. The molecule has 21 heavy (non-hydrogen) atoms. The summed E-state index contributed by atoms with van der Waals surface area (Å²) in [6.07, 6.45) is -8.79. The third-order valence-electron chi connectivity index (χ3n) is 3.54. The van der Waals surface area contributed by atoms with E-state index >= 15 is 0 Å². The predicted octanol–water partition coefficient (Wildman–Crippen LogP) is 4.88. The number of rotatable bonds is 7. The molecular weight excluding hydrogens is 302 g/mol. The summed E-state index contributed by atoms with van der Waals surface area (Å²) in [6.45, 7) is 3.02. The molecule has 0 saturated heterocycles. The molecule has 0 aliphatic heterocycles. The summed E-state index contributed by atoms with van der Waals surface area (Å²) in [7, 11) is 0. The lowest BCUT2D eigenvalue weighted by Gasteiger charge is -2.32. The molecule has 0 unspecified atom stereocenters. The van der Waals surface area contributed by atoms with Gasteiger partial charge in [0.25, 0.3) is 5.41 Å². The number of carbonyl (C=O) groups excluding carboxylic acids is 1. The Hall–Kier alpha value is -0.950. The molecular formula is C13H20F6O2. The van der Waals surface area contributed by atoms with Crippen LogP contribution in [0.5, 0.6) is 0 Å². The van der Waals surface area contributed by atoms with Gasteiger partial charge in [0.15, 0.2) is 0 Å². The van der Waals surface area contributed by atoms with Gasteiger partial charge in [-0.05, 0) is 19.3 Å². The zero-order valence-electron chi connectivity index (χ0n) is 12.2. The van der Waals surface area contributed by atoms with E-state index in [9.17, 15) is 31.1 Å². The fourth-order valence-corrected chi connectivity index (χ4v) is 1.63. The first-order chi connectivity index (χ1) is 9.41. The summed E-state index contributed by atoms with van der Waals surface area (Å²) < 4.78 is 80.2. The van der Waals surface area contributed by atoms with Crippen LogP contribution < -0.4 is 0 Å². The molecule has 2 nitrogen and oxygen atoms in total. The summed E-state index contributed by atoms with van der Waals surface area (Å²) in [4.78, 5) is 11.4. The fraction of sp³-hybridized carbons (Fsp3) is 0.923. The van der Waals surface area contributed by atoms with Gasteiger partial charge in [-0.1, -0.05) is 33.1 Å². The standard InChI is InChI=1S/C13H20F6O2/c1-4-6-7-9(5-2)8-21-10(20)11(3,12(14,15)16)13(17,18)19/h9H,4-8H2,1-3H3/t9-/m1/s1. The predicted molar refractivity (Wildman–Crippen MR) is 64.5 cm³/mol. The van der Waals surface area contributed by atoms with Crippen LogP contribution in [0.1, 0.15) is 46.5 Å². The molecule has 8 heteroatoms. The van der Waals surface area contributed by atoms with Crippen molar-refractivity contribution < 1.29 is 35.9 Å². The minimum Gasteiger partial charge on any atom is -0.464 e. The highest BCUT2D eigenvalue weighted by Gasteiger charge is 2.73. The molecule has 0 N–H and O–H groups in total.